The van der Waals surface area contributed by atoms with Crippen LogP contribution in [0.5, 0.6) is 5.75 Å². The summed E-state index contributed by atoms with van der Waals surface area (Å²) in [5.41, 5.74) is 1.17. The molecular weight excluding hydrogens is 232 g/mol. The van der Waals surface area contributed by atoms with Crippen LogP contribution < -0.4 is 0 Å². The first-order valence-electron chi connectivity index (χ1n) is 5.60. The normalized spacial score (nSPS) is 11.0. The van der Waals surface area contributed by atoms with E-state index >= 15 is 0 Å². The number of phenols is 1. The molecule has 1 heterocycles. The minimum atomic E-state index is 0.341. The smallest absolute Gasteiger partial charge is 0.129 e. The second-order valence-electron chi connectivity index (χ2n) is 4.14. The minimum Gasteiger partial charge on any atom is -0.507 e. The Bertz CT molecular complexity index is 494. The Morgan fingerprint density at radius 2 is 2.12 bits per heavy atom. The number of thioether (sulfide) groups is 1. The van der Waals surface area contributed by atoms with E-state index in [2.05, 4.69) is 23.4 Å². The van der Waals surface area contributed by atoms with E-state index in [1.807, 2.05) is 30.7 Å². The topological polar surface area (TPSA) is 38.0 Å². The van der Waals surface area contributed by atoms with E-state index in [1.165, 1.54) is 5.69 Å². The summed E-state index contributed by atoms with van der Waals surface area (Å²) in [5.74, 6) is 1.16. The summed E-state index contributed by atoms with van der Waals surface area (Å²) >= 11 is 1.63. The molecule has 0 saturated heterocycles. The number of phenolic OH excluding ortho intramolecular Hbond substituents is 1. The molecule has 0 radical (unpaired) electrons. The third-order valence-electron chi connectivity index (χ3n) is 2.54. The van der Waals surface area contributed by atoms with E-state index in [9.17, 15) is 5.11 Å². The molecule has 0 saturated carbocycles. The van der Waals surface area contributed by atoms with Crippen LogP contribution in [-0.4, -0.2) is 14.7 Å². The molecular formula is C13H16N2OS. The minimum absolute atomic E-state index is 0.341. The fourth-order valence-electron chi connectivity index (χ4n) is 1.64. The molecule has 3 nitrogen and oxygen atoms in total. The summed E-state index contributed by atoms with van der Waals surface area (Å²) in [7, 11) is 0. The average Bonchev–Trinajstić information content (AvgIpc) is 2.76. The standard InChI is InChI=1S/C13H16N2OS/c1-10(2)15-9-14-7-11(15)8-17-13-6-4-3-5-12(13)16/h3-7,9-10,16H,8H2,1-2H3. The van der Waals surface area contributed by atoms with Gasteiger partial charge in [0, 0.05) is 28.6 Å². The maximum Gasteiger partial charge on any atom is 0.129 e. The molecule has 0 unspecified atom stereocenters. The van der Waals surface area contributed by atoms with Crippen molar-refractivity contribution in [1.29, 1.82) is 0 Å². The van der Waals surface area contributed by atoms with Crippen molar-refractivity contribution in [1.82, 2.24) is 9.55 Å². The van der Waals surface area contributed by atoms with Crippen LogP contribution in [0.3, 0.4) is 0 Å². The van der Waals surface area contributed by atoms with Crippen LogP contribution in [0.25, 0.3) is 0 Å². The van der Waals surface area contributed by atoms with Crippen LogP contribution in [0.4, 0.5) is 0 Å². The van der Waals surface area contributed by atoms with Crippen molar-refractivity contribution in [2.75, 3.05) is 0 Å². The second-order valence-corrected chi connectivity index (χ2v) is 5.16. The van der Waals surface area contributed by atoms with E-state index in [-0.39, 0.29) is 0 Å². The van der Waals surface area contributed by atoms with E-state index in [4.69, 9.17) is 0 Å². The Balaban J connectivity index is 2.08. The van der Waals surface area contributed by atoms with Crippen LogP contribution in [0.15, 0.2) is 41.7 Å². The molecule has 0 atom stereocenters. The van der Waals surface area contributed by atoms with Gasteiger partial charge in [0.05, 0.1) is 6.33 Å². The molecule has 1 aromatic heterocycles. The monoisotopic (exact) mass is 248 g/mol. The van der Waals surface area contributed by atoms with Crippen LogP contribution >= 0.6 is 11.8 Å². The lowest BCUT2D eigenvalue weighted by atomic mass is 10.3. The number of nitrogens with zero attached hydrogens (tertiary/aromatic N) is 2. The van der Waals surface area contributed by atoms with Gasteiger partial charge in [0.25, 0.3) is 0 Å². The molecule has 0 bridgehead atoms. The summed E-state index contributed by atoms with van der Waals surface area (Å²) < 4.78 is 2.15. The third-order valence-corrected chi connectivity index (χ3v) is 3.64. The van der Waals surface area contributed by atoms with Gasteiger partial charge >= 0.3 is 0 Å². The second kappa shape index (κ2) is 5.27. The summed E-state index contributed by atoms with van der Waals surface area (Å²) in [5, 5.41) is 9.67. The fraction of sp³-hybridized carbons (Fsp3) is 0.308. The first kappa shape index (κ1) is 12.0. The van der Waals surface area contributed by atoms with Gasteiger partial charge in [-0.1, -0.05) is 12.1 Å². The molecule has 0 amide bonds. The van der Waals surface area contributed by atoms with Crippen LogP contribution in [-0.2, 0) is 5.75 Å². The van der Waals surface area contributed by atoms with Crippen molar-refractivity contribution in [3.63, 3.8) is 0 Å². The van der Waals surface area contributed by atoms with Gasteiger partial charge in [0.2, 0.25) is 0 Å². The average molecular weight is 248 g/mol. The first-order chi connectivity index (χ1) is 8.18. The van der Waals surface area contributed by atoms with Crippen molar-refractivity contribution in [2.45, 2.75) is 30.5 Å². The van der Waals surface area contributed by atoms with E-state index in [1.54, 1.807) is 17.8 Å². The van der Waals surface area contributed by atoms with Crippen molar-refractivity contribution in [3.05, 3.63) is 42.5 Å². The highest BCUT2D eigenvalue weighted by atomic mass is 32.2. The van der Waals surface area contributed by atoms with Gasteiger partial charge in [0.15, 0.2) is 0 Å². The summed E-state index contributed by atoms with van der Waals surface area (Å²) in [6, 6.07) is 7.81. The Morgan fingerprint density at radius 3 is 2.82 bits per heavy atom. The number of rotatable bonds is 4. The van der Waals surface area contributed by atoms with Crippen LogP contribution in [0.2, 0.25) is 0 Å². The molecule has 17 heavy (non-hydrogen) atoms. The fourth-order valence-corrected chi connectivity index (χ4v) is 2.56. The lowest BCUT2D eigenvalue weighted by Gasteiger charge is -2.11. The summed E-state index contributed by atoms with van der Waals surface area (Å²) in [6.07, 6.45) is 3.73. The molecule has 2 aromatic rings. The SMILES string of the molecule is CC(C)n1cncc1CSc1ccccc1O. The molecule has 0 aliphatic rings. The number of imidazole rings is 1. The predicted octanol–water partition coefficient (Wildman–Crippen LogP) is 3.46. The zero-order valence-corrected chi connectivity index (χ0v) is 10.8. The lowest BCUT2D eigenvalue weighted by Crippen LogP contribution is -2.02. The summed E-state index contributed by atoms with van der Waals surface area (Å²) in [6.45, 7) is 4.27. The number of aromatic hydroxyl groups is 1. The van der Waals surface area contributed by atoms with Gasteiger partial charge in [-0.05, 0) is 26.0 Å². The van der Waals surface area contributed by atoms with Gasteiger partial charge in [-0.25, -0.2) is 4.98 Å². The van der Waals surface area contributed by atoms with Gasteiger partial charge < -0.3 is 9.67 Å². The molecule has 4 heteroatoms. The highest BCUT2D eigenvalue weighted by Gasteiger charge is 2.07. The molecule has 2 rings (SSSR count). The van der Waals surface area contributed by atoms with E-state index in [0.29, 0.717) is 11.8 Å². The van der Waals surface area contributed by atoms with Gasteiger partial charge in [-0.3, -0.25) is 0 Å². The number of benzene rings is 1. The molecule has 1 N–H and O–H groups in total. The van der Waals surface area contributed by atoms with Crippen molar-refractivity contribution >= 4 is 11.8 Å². The maximum atomic E-state index is 9.67. The number of hydrogen-bond acceptors (Lipinski definition) is 3. The number of aromatic nitrogens is 2. The van der Waals surface area contributed by atoms with Gasteiger partial charge in [0.1, 0.15) is 5.75 Å². The predicted molar refractivity (Wildman–Crippen MR) is 70.3 cm³/mol. The Kier molecular flexibility index (Phi) is 3.74. The van der Waals surface area contributed by atoms with Gasteiger partial charge in [-0.2, -0.15) is 0 Å². The molecule has 0 aliphatic carbocycles. The third kappa shape index (κ3) is 2.82. The van der Waals surface area contributed by atoms with Crippen molar-refractivity contribution < 1.29 is 5.11 Å². The van der Waals surface area contributed by atoms with Crippen LogP contribution in [0.1, 0.15) is 25.6 Å². The number of hydrogen-bond donors (Lipinski definition) is 1. The van der Waals surface area contributed by atoms with E-state index < -0.39 is 0 Å². The Morgan fingerprint density at radius 1 is 1.35 bits per heavy atom. The zero-order chi connectivity index (χ0) is 12.3. The maximum absolute atomic E-state index is 9.67. The highest BCUT2D eigenvalue weighted by molar-refractivity contribution is 7.98. The molecule has 0 aliphatic heterocycles. The zero-order valence-electron chi connectivity index (χ0n) is 10.00. The number of para-hydroxylation sites is 1. The molecule has 0 fully saturated rings. The van der Waals surface area contributed by atoms with Crippen molar-refractivity contribution in [2.24, 2.45) is 0 Å². The molecule has 90 valence electrons. The van der Waals surface area contributed by atoms with E-state index in [0.717, 1.165) is 10.6 Å². The molecule has 0 spiro atoms. The Labute approximate surface area is 106 Å². The van der Waals surface area contributed by atoms with Gasteiger partial charge in [-0.15, -0.1) is 11.8 Å². The lowest BCUT2D eigenvalue weighted by molar-refractivity contribution is 0.462. The Hall–Kier alpha value is -1.42. The molecule has 1 aromatic carbocycles. The van der Waals surface area contributed by atoms with Crippen molar-refractivity contribution in [3.8, 4) is 5.75 Å². The van der Waals surface area contributed by atoms with Crippen LogP contribution in [0, 0.1) is 0 Å². The largest absolute Gasteiger partial charge is 0.507 e. The quantitative estimate of drug-likeness (QED) is 0.842. The highest BCUT2D eigenvalue weighted by Crippen LogP contribution is 2.30. The summed E-state index contributed by atoms with van der Waals surface area (Å²) in [4.78, 5) is 5.07. The first-order valence-corrected chi connectivity index (χ1v) is 6.58.